The number of nitrogens with one attached hydrogen (secondary N) is 1. The monoisotopic (exact) mass is 575 g/mol. The van der Waals surface area contributed by atoms with Crippen LogP contribution in [0.15, 0.2) is 102 Å². The minimum absolute atomic E-state index is 0.00746. The molecule has 1 aliphatic carbocycles. The van der Waals surface area contributed by atoms with Crippen molar-refractivity contribution in [2.24, 2.45) is 5.92 Å². The van der Waals surface area contributed by atoms with Crippen LogP contribution in [0.3, 0.4) is 0 Å². The number of thioether (sulfide) groups is 1. The van der Waals surface area contributed by atoms with E-state index in [0.717, 1.165) is 67.1 Å². The van der Waals surface area contributed by atoms with Crippen LogP contribution in [0.1, 0.15) is 34.3 Å². The minimum Gasteiger partial charge on any atom is -0.354 e. The van der Waals surface area contributed by atoms with Crippen molar-refractivity contribution in [2.75, 3.05) is 44.2 Å². The van der Waals surface area contributed by atoms with Crippen molar-refractivity contribution in [1.82, 2.24) is 20.2 Å². The van der Waals surface area contributed by atoms with Crippen LogP contribution in [0, 0.1) is 5.92 Å². The molecule has 42 heavy (non-hydrogen) atoms. The van der Waals surface area contributed by atoms with E-state index < -0.39 is 0 Å². The molecule has 0 bridgehead atoms. The molecule has 1 N–H and O–H groups in total. The van der Waals surface area contributed by atoms with E-state index in [1.54, 1.807) is 11.8 Å². The van der Waals surface area contributed by atoms with Crippen LogP contribution >= 0.6 is 11.8 Å². The third kappa shape index (κ3) is 7.87. The Morgan fingerprint density at radius 1 is 0.881 bits per heavy atom. The highest BCUT2D eigenvalue weighted by atomic mass is 32.2. The summed E-state index contributed by atoms with van der Waals surface area (Å²) in [6.07, 6.45) is 6.90. The largest absolute Gasteiger partial charge is 0.354 e. The van der Waals surface area contributed by atoms with E-state index in [0.29, 0.717) is 17.2 Å². The number of nitrogens with zero attached hydrogens (tertiary/aromatic N) is 4. The molecule has 3 aromatic carbocycles. The molecule has 2 fully saturated rings. The van der Waals surface area contributed by atoms with Gasteiger partial charge in [0.05, 0.1) is 5.69 Å². The fraction of sp³-hybridized carbons (Fsp3) is 0.286. The molecular formula is C35H37N5OS. The lowest BCUT2D eigenvalue weighted by molar-refractivity contribution is 0.0951. The number of rotatable bonds is 11. The van der Waals surface area contributed by atoms with Gasteiger partial charge in [-0.3, -0.25) is 9.69 Å². The predicted molar refractivity (Wildman–Crippen MR) is 173 cm³/mol. The zero-order valence-corrected chi connectivity index (χ0v) is 24.7. The van der Waals surface area contributed by atoms with Crippen molar-refractivity contribution in [3.8, 4) is 11.3 Å². The Morgan fingerprint density at radius 2 is 1.64 bits per heavy atom. The van der Waals surface area contributed by atoms with Gasteiger partial charge in [0.2, 0.25) is 0 Å². The molecule has 1 aromatic heterocycles. The molecule has 2 aliphatic rings. The van der Waals surface area contributed by atoms with E-state index in [4.69, 9.17) is 9.97 Å². The molecule has 0 radical (unpaired) electrons. The molecule has 2 heterocycles. The summed E-state index contributed by atoms with van der Waals surface area (Å²) in [7, 11) is 0. The summed E-state index contributed by atoms with van der Waals surface area (Å²) in [6, 6.07) is 30.8. The fourth-order valence-corrected chi connectivity index (χ4v) is 5.87. The topological polar surface area (TPSA) is 61.4 Å². The first kappa shape index (κ1) is 28.2. The average molecular weight is 576 g/mol. The molecule has 6 rings (SSSR count). The molecule has 7 heteroatoms. The normalized spacial score (nSPS) is 15.7. The first-order valence-corrected chi connectivity index (χ1v) is 15.8. The van der Waals surface area contributed by atoms with E-state index in [9.17, 15) is 4.79 Å². The second-order valence-electron chi connectivity index (χ2n) is 11.0. The maximum Gasteiger partial charge on any atom is 0.251 e. The van der Waals surface area contributed by atoms with Gasteiger partial charge in [0.15, 0.2) is 5.16 Å². The zero-order valence-electron chi connectivity index (χ0n) is 23.9. The van der Waals surface area contributed by atoms with Crippen LogP contribution < -0.4 is 10.2 Å². The van der Waals surface area contributed by atoms with E-state index >= 15 is 0 Å². The van der Waals surface area contributed by atoms with Crippen LogP contribution in [-0.4, -0.2) is 60.0 Å². The van der Waals surface area contributed by atoms with E-state index in [1.807, 2.05) is 42.5 Å². The molecule has 1 amide bonds. The summed E-state index contributed by atoms with van der Waals surface area (Å²) >= 11 is 1.62. The molecule has 1 aliphatic heterocycles. The third-order valence-electron chi connectivity index (χ3n) is 7.74. The summed E-state index contributed by atoms with van der Waals surface area (Å²) in [5, 5.41) is 3.82. The van der Waals surface area contributed by atoms with Crippen LogP contribution in [0.2, 0.25) is 0 Å². The molecule has 4 aromatic rings. The predicted octanol–water partition coefficient (Wildman–Crippen LogP) is 6.41. The van der Waals surface area contributed by atoms with Gasteiger partial charge in [-0.15, -0.1) is 0 Å². The fourth-order valence-electron chi connectivity index (χ4n) is 5.07. The number of hydrogen-bond donors (Lipinski definition) is 1. The Morgan fingerprint density at radius 3 is 2.40 bits per heavy atom. The standard InChI is InChI=1S/C35H37N5OS/c41-34(36-25-28-16-17-28)31-15-7-11-29(23-31)26-42-35-37-32(30-13-5-2-6-14-30)24-33(38-35)40-21-19-39(20-22-40)18-8-12-27-9-3-1-4-10-27/h1-15,23-24,28H,16-22,25-26H2,(H,36,41)/b12-8+. The summed E-state index contributed by atoms with van der Waals surface area (Å²) in [5.74, 6) is 2.34. The van der Waals surface area contributed by atoms with Crippen molar-refractivity contribution in [1.29, 1.82) is 0 Å². The molecule has 0 unspecified atom stereocenters. The lowest BCUT2D eigenvalue weighted by Gasteiger charge is -2.35. The van der Waals surface area contributed by atoms with Gasteiger partial charge in [0, 0.05) is 62.2 Å². The van der Waals surface area contributed by atoms with E-state index in [1.165, 1.54) is 18.4 Å². The summed E-state index contributed by atoms with van der Waals surface area (Å²) in [5.41, 5.74) is 5.06. The first-order chi connectivity index (χ1) is 20.7. The van der Waals surface area contributed by atoms with Crippen LogP contribution in [0.4, 0.5) is 5.82 Å². The van der Waals surface area contributed by atoms with Crippen molar-refractivity contribution in [3.63, 3.8) is 0 Å². The number of carbonyl (C=O) groups is 1. The highest BCUT2D eigenvalue weighted by Crippen LogP contribution is 2.29. The minimum atomic E-state index is 0.00746. The summed E-state index contributed by atoms with van der Waals surface area (Å²) < 4.78 is 0. The van der Waals surface area contributed by atoms with Gasteiger partial charge < -0.3 is 10.2 Å². The van der Waals surface area contributed by atoms with Gasteiger partial charge in [0.25, 0.3) is 5.91 Å². The van der Waals surface area contributed by atoms with Gasteiger partial charge >= 0.3 is 0 Å². The highest BCUT2D eigenvalue weighted by molar-refractivity contribution is 7.98. The molecule has 1 saturated carbocycles. The Bertz CT molecular complexity index is 1500. The quantitative estimate of drug-likeness (QED) is 0.165. The van der Waals surface area contributed by atoms with Crippen LogP contribution in [0.25, 0.3) is 17.3 Å². The molecule has 6 nitrogen and oxygen atoms in total. The average Bonchev–Trinajstić information content (AvgIpc) is 3.89. The van der Waals surface area contributed by atoms with Gasteiger partial charge in [-0.25, -0.2) is 9.97 Å². The Hall–Kier alpha value is -3.94. The lowest BCUT2D eigenvalue weighted by atomic mass is 10.1. The first-order valence-electron chi connectivity index (χ1n) is 14.8. The van der Waals surface area contributed by atoms with Gasteiger partial charge in [-0.2, -0.15) is 0 Å². The molecule has 0 spiro atoms. The number of aromatic nitrogens is 2. The van der Waals surface area contributed by atoms with E-state index in [-0.39, 0.29) is 5.91 Å². The van der Waals surface area contributed by atoms with Gasteiger partial charge in [0.1, 0.15) is 5.82 Å². The maximum atomic E-state index is 12.6. The van der Waals surface area contributed by atoms with E-state index in [2.05, 4.69) is 75.8 Å². The van der Waals surface area contributed by atoms with Crippen molar-refractivity contribution in [2.45, 2.75) is 23.8 Å². The number of anilines is 1. The third-order valence-corrected chi connectivity index (χ3v) is 8.66. The van der Waals surface area contributed by atoms with Crippen LogP contribution in [0.5, 0.6) is 0 Å². The SMILES string of the molecule is O=C(NCC1CC1)c1cccc(CSc2nc(-c3ccccc3)cc(N3CCN(C/C=C/c4ccccc4)CC3)n2)c1. The van der Waals surface area contributed by atoms with Crippen molar-refractivity contribution < 1.29 is 4.79 Å². The number of amides is 1. The number of benzene rings is 3. The van der Waals surface area contributed by atoms with Gasteiger partial charge in [-0.1, -0.05) is 96.7 Å². The zero-order chi connectivity index (χ0) is 28.6. The summed E-state index contributed by atoms with van der Waals surface area (Å²) in [6.45, 7) is 5.54. The number of hydrogen-bond acceptors (Lipinski definition) is 6. The van der Waals surface area contributed by atoms with Crippen molar-refractivity contribution >= 4 is 29.6 Å². The molecular weight excluding hydrogens is 538 g/mol. The Labute approximate surface area is 252 Å². The molecule has 0 atom stereocenters. The Balaban J connectivity index is 1.12. The molecule has 214 valence electrons. The number of piperazine rings is 1. The lowest BCUT2D eigenvalue weighted by Crippen LogP contribution is -2.46. The summed E-state index contributed by atoms with van der Waals surface area (Å²) in [4.78, 5) is 27.4. The van der Waals surface area contributed by atoms with Crippen molar-refractivity contribution in [3.05, 3.63) is 114 Å². The van der Waals surface area contributed by atoms with Crippen LogP contribution in [-0.2, 0) is 5.75 Å². The second-order valence-corrected chi connectivity index (χ2v) is 11.9. The highest BCUT2D eigenvalue weighted by Gasteiger charge is 2.22. The second kappa shape index (κ2) is 13.8. The molecule has 1 saturated heterocycles. The maximum absolute atomic E-state index is 12.6. The van der Waals surface area contributed by atoms with Gasteiger partial charge in [-0.05, 0) is 42.0 Å². The number of carbonyl (C=O) groups excluding carboxylic acids is 1. The smallest absolute Gasteiger partial charge is 0.251 e. The Kier molecular flexibility index (Phi) is 9.27.